The molecule has 1 aromatic carbocycles. The Hall–Kier alpha value is -1.12. The molecular formula is C18H23ClN2. The maximum atomic E-state index is 6.28. The molecule has 1 N–H and O–H groups in total. The third-order valence-corrected chi connectivity index (χ3v) is 4.75. The van der Waals surface area contributed by atoms with E-state index < -0.39 is 0 Å². The number of benzene rings is 1. The van der Waals surface area contributed by atoms with Crippen LogP contribution in [0.3, 0.4) is 0 Å². The van der Waals surface area contributed by atoms with Gasteiger partial charge in [-0.1, -0.05) is 31.5 Å². The summed E-state index contributed by atoms with van der Waals surface area (Å²) in [6.07, 6.45) is 3.50. The highest BCUT2D eigenvalue weighted by molar-refractivity contribution is 6.32. The first-order valence-corrected chi connectivity index (χ1v) is 8.26. The largest absolute Gasteiger partial charge is 0.312 e. The first-order chi connectivity index (χ1) is 10.1. The number of pyridine rings is 1. The number of halogens is 1. The second-order valence-electron chi connectivity index (χ2n) is 6.46. The highest BCUT2D eigenvalue weighted by atomic mass is 35.5. The van der Waals surface area contributed by atoms with Crippen molar-refractivity contribution in [1.82, 2.24) is 10.3 Å². The minimum Gasteiger partial charge on any atom is -0.312 e. The van der Waals surface area contributed by atoms with E-state index in [1.807, 2.05) is 6.07 Å². The van der Waals surface area contributed by atoms with Crippen molar-refractivity contribution in [3.63, 3.8) is 0 Å². The Bertz CT molecular complexity index is 677. The van der Waals surface area contributed by atoms with Crippen molar-refractivity contribution in [3.8, 4) is 0 Å². The van der Waals surface area contributed by atoms with Crippen molar-refractivity contribution >= 4 is 22.5 Å². The molecule has 2 aromatic rings. The van der Waals surface area contributed by atoms with Crippen LogP contribution in [-0.2, 0) is 19.4 Å². The Morgan fingerprint density at radius 1 is 1.29 bits per heavy atom. The van der Waals surface area contributed by atoms with Gasteiger partial charge in [-0.3, -0.25) is 4.98 Å². The fourth-order valence-corrected chi connectivity index (χ4v) is 3.38. The van der Waals surface area contributed by atoms with Crippen molar-refractivity contribution in [3.05, 3.63) is 39.5 Å². The van der Waals surface area contributed by atoms with Crippen LogP contribution in [0.2, 0.25) is 5.02 Å². The van der Waals surface area contributed by atoms with E-state index in [2.05, 4.69) is 32.2 Å². The highest BCUT2D eigenvalue weighted by Crippen LogP contribution is 2.33. The lowest BCUT2D eigenvalue weighted by atomic mass is 9.99. The average molecular weight is 303 g/mol. The summed E-state index contributed by atoms with van der Waals surface area (Å²) in [6.45, 7) is 8.54. The van der Waals surface area contributed by atoms with Gasteiger partial charge in [0, 0.05) is 22.6 Å². The summed E-state index contributed by atoms with van der Waals surface area (Å²) in [5, 5.41) is 5.68. The maximum absolute atomic E-state index is 6.28. The number of nitrogens with one attached hydrogen (secondary N) is 1. The normalized spacial score (nSPS) is 14.1. The molecule has 0 unspecified atom stereocenters. The standard InChI is InChI=1S/C18H23ClN2/c1-11(2)9-20-10-15-13-5-4-6-17(13)21-18-12(3)16(19)8-7-14(15)18/h7-8,11,20H,4-6,9-10H2,1-3H3. The van der Waals surface area contributed by atoms with Crippen molar-refractivity contribution < 1.29 is 0 Å². The fraction of sp³-hybridized carbons (Fsp3) is 0.500. The van der Waals surface area contributed by atoms with Crippen LogP contribution in [0.5, 0.6) is 0 Å². The number of aryl methyl sites for hydroxylation is 2. The first kappa shape index (κ1) is 14.8. The minimum absolute atomic E-state index is 0.669. The third-order valence-electron chi connectivity index (χ3n) is 4.34. The van der Waals surface area contributed by atoms with Crippen molar-refractivity contribution in [2.75, 3.05) is 6.54 Å². The lowest BCUT2D eigenvalue weighted by Gasteiger charge is -2.16. The van der Waals surface area contributed by atoms with Gasteiger partial charge in [0.1, 0.15) is 0 Å². The zero-order valence-corrected chi connectivity index (χ0v) is 13.8. The van der Waals surface area contributed by atoms with Crippen LogP contribution in [0.15, 0.2) is 12.1 Å². The molecule has 3 heteroatoms. The number of rotatable bonds is 4. The van der Waals surface area contributed by atoms with Crippen molar-refractivity contribution in [2.24, 2.45) is 5.92 Å². The molecule has 0 spiro atoms. The molecule has 0 radical (unpaired) electrons. The van der Waals surface area contributed by atoms with E-state index in [9.17, 15) is 0 Å². The SMILES string of the molecule is Cc1c(Cl)ccc2c(CNCC(C)C)c3c(nc12)CCC3. The summed E-state index contributed by atoms with van der Waals surface area (Å²) in [4.78, 5) is 4.91. The van der Waals surface area contributed by atoms with Crippen LogP contribution >= 0.6 is 11.6 Å². The van der Waals surface area contributed by atoms with E-state index in [1.165, 1.54) is 35.0 Å². The van der Waals surface area contributed by atoms with Gasteiger partial charge in [-0.2, -0.15) is 0 Å². The molecule has 2 nitrogen and oxygen atoms in total. The maximum Gasteiger partial charge on any atom is 0.0752 e. The lowest BCUT2D eigenvalue weighted by molar-refractivity contribution is 0.552. The van der Waals surface area contributed by atoms with Gasteiger partial charge >= 0.3 is 0 Å². The van der Waals surface area contributed by atoms with Crippen molar-refractivity contribution in [1.29, 1.82) is 0 Å². The third kappa shape index (κ3) is 2.79. The average Bonchev–Trinajstić information content (AvgIpc) is 2.90. The summed E-state index contributed by atoms with van der Waals surface area (Å²) in [7, 11) is 0. The Labute approximate surface area is 131 Å². The van der Waals surface area contributed by atoms with Gasteiger partial charge in [-0.05, 0) is 61.4 Å². The molecular weight excluding hydrogens is 280 g/mol. The molecule has 0 atom stereocenters. The molecule has 0 fully saturated rings. The Morgan fingerprint density at radius 3 is 2.86 bits per heavy atom. The van der Waals surface area contributed by atoms with Gasteiger partial charge < -0.3 is 5.32 Å². The fourth-order valence-electron chi connectivity index (χ4n) is 3.22. The predicted octanol–water partition coefficient (Wildman–Crippen LogP) is 4.43. The van der Waals surface area contributed by atoms with Gasteiger partial charge in [0.2, 0.25) is 0 Å². The van der Waals surface area contributed by atoms with E-state index in [1.54, 1.807) is 0 Å². The van der Waals surface area contributed by atoms with Crippen LogP contribution in [-0.4, -0.2) is 11.5 Å². The number of hydrogen-bond donors (Lipinski definition) is 1. The number of aromatic nitrogens is 1. The quantitative estimate of drug-likeness (QED) is 0.903. The summed E-state index contributed by atoms with van der Waals surface area (Å²) in [6, 6.07) is 4.15. The van der Waals surface area contributed by atoms with Crippen LogP contribution in [0, 0.1) is 12.8 Å². The van der Waals surface area contributed by atoms with Crippen LogP contribution in [0.1, 0.15) is 42.7 Å². The van der Waals surface area contributed by atoms with E-state index >= 15 is 0 Å². The monoisotopic (exact) mass is 302 g/mol. The molecule has 0 amide bonds. The van der Waals surface area contributed by atoms with Gasteiger partial charge in [0.05, 0.1) is 5.52 Å². The Morgan fingerprint density at radius 2 is 2.10 bits per heavy atom. The summed E-state index contributed by atoms with van der Waals surface area (Å²) < 4.78 is 0. The van der Waals surface area contributed by atoms with E-state index in [-0.39, 0.29) is 0 Å². The topological polar surface area (TPSA) is 24.9 Å². The summed E-state index contributed by atoms with van der Waals surface area (Å²) >= 11 is 6.28. The predicted molar refractivity (Wildman–Crippen MR) is 90.1 cm³/mol. The summed E-state index contributed by atoms with van der Waals surface area (Å²) in [5.74, 6) is 0.669. The van der Waals surface area contributed by atoms with Crippen molar-refractivity contribution in [2.45, 2.75) is 46.6 Å². The second-order valence-corrected chi connectivity index (χ2v) is 6.87. The highest BCUT2D eigenvalue weighted by Gasteiger charge is 2.20. The Kier molecular flexibility index (Phi) is 4.19. The van der Waals surface area contributed by atoms with Gasteiger partial charge in [-0.25, -0.2) is 0 Å². The zero-order valence-electron chi connectivity index (χ0n) is 13.1. The molecule has 112 valence electrons. The number of hydrogen-bond acceptors (Lipinski definition) is 2. The van der Waals surface area contributed by atoms with Gasteiger partial charge in [-0.15, -0.1) is 0 Å². The van der Waals surface area contributed by atoms with Gasteiger partial charge in [0.15, 0.2) is 0 Å². The van der Waals surface area contributed by atoms with E-state index in [0.29, 0.717) is 5.92 Å². The molecule has 1 aliphatic rings. The smallest absolute Gasteiger partial charge is 0.0752 e. The van der Waals surface area contributed by atoms with E-state index in [0.717, 1.165) is 35.6 Å². The molecule has 0 bridgehead atoms. The number of fused-ring (bicyclic) bond motifs is 2. The molecule has 1 aromatic heterocycles. The Balaban J connectivity index is 2.09. The van der Waals surface area contributed by atoms with Crippen LogP contribution < -0.4 is 5.32 Å². The number of nitrogens with zero attached hydrogens (tertiary/aromatic N) is 1. The molecule has 3 rings (SSSR count). The van der Waals surface area contributed by atoms with E-state index in [4.69, 9.17) is 16.6 Å². The molecule has 0 aliphatic heterocycles. The second kappa shape index (κ2) is 5.94. The molecule has 21 heavy (non-hydrogen) atoms. The molecule has 1 aliphatic carbocycles. The lowest BCUT2D eigenvalue weighted by Crippen LogP contribution is -2.20. The molecule has 0 saturated heterocycles. The van der Waals surface area contributed by atoms with Crippen LogP contribution in [0.4, 0.5) is 0 Å². The zero-order chi connectivity index (χ0) is 15.0. The molecule has 1 heterocycles. The molecule has 0 saturated carbocycles. The first-order valence-electron chi connectivity index (χ1n) is 7.88. The minimum atomic E-state index is 0.669. The van der Waals surface area contributed by atoms with Gasteiger partial charge in [0.25, 0.3) is 0 Å². The van der Waals surface area contributed by atoms with Crippen LogP contribution in [0.25, 0.3) is 10.9 Å². The summed E-state index contributed by atoms with van der Waals surface area (Å²) in [5.41, 5.74) is 6.39.